The minimum absolute atomic E-state index is 0. The smallest absolute Gasteiger partial charge is 0.0949 e. The Labute approximate surface area is 48.4 Å². The standard InChI is InChI=1S/C2H6S.HI/c1-3-2;/h1-2H3;1H. The zero-order chi connectivity index (χ0) is 2.71. The van der Waals surface area contributed by atoms with Gasteiger partial charge in [-0.25, -0.2) is 0 Å². The maximum absolute atomic E-state index is 2.10. The van der Waals surface area contributed by atoms with Crippen LogP contribution in [0.2, 0.25) is 0 Å². The lowest BCUT2D eigenvalue weighted by atomic mass is 11.9. The number of thiol groups is 1. The molecule has 0 aliphatic rings. The summed E-state index contributed by atoms with van der Waals surface area (Å²) in [5.74, 6) is 0. The lowest BCUT2D eigenvalue weighted by molar-refractivity contribution is -0.000000738. The van der Waals surface area contributed by atoms with Crippen LogP contribution in [0.25, 0.3) is 0 Å². The van der Waals surface area contributed by atoms with E-state index in [-0.39, 0.29) is 24.0 Å². The van der Waals surface area contributed by atoms with Crippen molar-refractivity contribution in [2.75, 3.05) is 12.5 Å². The van der Waals surface area contributed by atoms with Gasteiger partial charge < -0.3 is 24.0 Å². The minimum Gasteiger partial charge on any atom is -1.00 e. The first-order valence-corrected chi connectivity index (χ1v) is 2.68. The SMILES string of the molecule is C[SH+]C.[I-]. The monoisotopic (exact) mass is 190 g/mol. The number of hydrogen-bond donors (Lipinski definition) is 0. The maximum atomic E-state index is 2.10. The minimum atomic E-state index is 0. The lowest BCUT2D eigenvalue weighted by Crippen LogP contribution is -3.00. The van der Waals surface area contributed by atoms with E-state index in [1.54, 1.807) is 0 Å². The zero-order valence-electron chi connectivity index (χ0n) is 2.83. The molecule has 0 unspecified atom stereocenters. The molecule has 28 valence electrons. The Balaban J connectivity index is 0. The van der Waals surface area contributed by atoms with E-state index in [9.17, 15) is 0 Å². The molecule has 0 bridgehead atoms. The third kappa shape index (κ3) is 11.4. The summed E-state index contributed by atoms with van der Waals surface area (Å²) in [6.45, 7) is 0. The normalized spacial score (nSPS) is 4.50. The number of rotatable bonds is 0. The summed E-state index contributed by atoms with van der Waals surface area (Å²) in [7, 11) is 0. The van der Waals surface area contributed by atoms with Gasteiger partial charge in [0.15, 0.2) is 0 Å². The molecule has 0 aromatic heterocycles. The molecule has 0 radical (unpaired) electrons. The van der Waals surface area contributed by atoms with Crippen molar-refractivity contribution in [1.29, 1.82) is 0 Å². The van der Waals surface area contributed by atoms with E-state index < -0.39 is 0 Å². The molecule has 0 amide bonds. The van der Waals surface area contributed by atoms with Crippen LogP contribution >= 0.6 is 0 Å². The molecular formula is C2H7IS. The van der Waals surface area contributed by atoms with E-state index in [2.05, 4.69) is 12.5 Å². The Kier molecular flexibility index (Phi) is 19.9. The molecule has 0 aliphatic heterocycles. The number of hydrogen-bond acceptors (Lipinski definition) is 0. The van der Waals surface area contributed by atoms with Crippen molar-refractivity contribution in [3.8, 4) is 0 Å². The lowest BCUT2D eigenvalue weighted by Gasteiger charge is -1.38. The highest BCUT2D eigenvalue weighted by atomic mass is 127. The maximum Gasteiger partial charge on any atom is 0.0949 e. The van der Waals surface area contributed by atoms with E-state index in [1.807, 2.05) is 0 Å². The Morgan fingerprint density at radius 3 is 1.25 bits per heavy atom. The molecule has 2 heteroatoms. The van der Waals surface area contributed by atoms with Crippen molar-refractivity contribution in [3.63, 3.8) is 0 Å². The summed E-state index contributed by atoms with van der Waals surface area (Å²) in [6, 6.07) is 0. The first-order valence-electron chi connectivity index (χ1n) is 0.894. The van der Waals surface area contributed by atoms with Gasteiger partial charge in [-0.3, -0.25) is 0 Å². The Bertz CT molecular complexity index is 6.00. The van der Waals surface area contributed by atoms with Crippen LogP contribution in [-0.4, -0.2) is 12.5 Å². The van der Waals surface area contributed by atoms with E-state index in [0.717, 1.165) is 0 Å². The molecular weight excluding hydrogens is 183 g/mol. The molecule has 0 rings (SSSR count). The molecule has 0 spiro atoms. The summed E-state index contributed by atoms with van der Waals surface area (Å²) in [5, 5.41) is 0. The molecule has 0 nitrogen and oxygen atoms in total. The average Bonchev–Trinajstić information content (AvgIpc) is 0.918. The molecule has 4 heavy (non-hydrogen) atoms. The van der Waals surface area contributed by atoms with Gasteiger partial charge in [-0.15, -0.1) is 0 Å². The van der Waals surface area contributed by atoms with Crippen molar-refractivity contribution in [3.05, 3.63) is 0 Å². The summed E-state index contributed by atoms with van der Waals surface area (Å²) in [5.41, 5.74) is 0. The van der Waals surface area contributed by atoms with E-state index in [0.29, 0.717) is 0 Å². The van der Waals surface area contributed by atoms with Gasteiger partial charge >= 0.3 is 0 Å². The highest BCUT2D eigenvalue weighted by molar-refractivity contribution is 7.76. The quantitative estimate of drug-likeness (QED) is 0.218. The van der Waals surface area contributed by atoms with Crippen LogP contribution in [0.4, 0.5) is 0 Å². The third-order valence-corrected chi connectivity index (χ3v) is 0. The van der Waals surface area contributed by atoms with Gasteiger partial charge in [0, 0.05) is 0 Å². The Morgan fingerprint density at radius 2 is 1.25 bits per heavy atom. The molecule has 0 saturated heterocycles. The fourth-order valence-electron chi connectivity index (χ4n) is 0. The van der Waals surface area contributed by atoms with Crippen molar-refractivity contribution in [1.82, 2.24) is 0 Å². The van der Waals surface area contributed by atoms with Crippen LogP contribution in [0.5, 0.6) is 0 Å². The van der Waals surface area contributed by atoms with E-state index in [1.165, 1.54) is 11.8 Å². The van der Waals surface area contributed by atoms with Gasteiger partial charge in [0.2, 0.25) is 0 Å². The molecule has 0 aliphatic carbocycles. The van der Waals surface area contributed by atoms with Crippen LogP contribution < -0.4 is 24.0 Å². The molecule has 0 fully saturated rings. The Morgan fingerprint density at radius 1 is 1.25 bits per heavy atom. The van der Waals surface area contributed by atoms with E-state index in [4.69, 9.17) is 0 Å². The van der Waals surface area contributed by atoms with Gasteiger partial charge in [-0.05, 0) is 11.8 Å². The highest BCUT2D eigenvalue weighted by Gasteiger charge is 1.45. The number of halogens is 1. The van der Waals surface area contributed by atoms with Crippen LogP contribution in [0.3, 0.4) is 0 Å². The Hall–Kier alpha value is 1.08. The van der Waals surface area contributed by atoms with Gasteiger partial charge in [0.1, 0.15) is 0 Å². The predicted octanol–water partition coefficient (Wildman–Crippen LogP) is -2.94. The summed E-state index contributed by atoms with van der Waals surface area (Å²) in [4.78, 5) is 0. The topological polar surface area (TPSA) is 0 Å². The average molecular weight is 190 g/mol. The molecule has 0 saturated carbocycles. The second-order valence-electron chi connectivity index (χ2n) is 0.447. The summed E-state index contributed by atoms with van der Waals surface area (Å²) < 4.78 is 0. The van der Waals surface area contributed by atoms with Crippen molar-refractivity contribution in [2.45, 2.75) is 0 Å². The van der Waals surface area contributed by atoms with Crippen LogP contribution in [0.1, 0.15) is 0 Å². The molecule has 0 aromatic carbocycles. The van der Waals surface area contributed by atoms with Gasteiger partial charge in [-0.2, -0.15) is 0 Å². The molecule has 0 N–H and O–H groups in total. The van der Waals surface area contributed by atoms with Gasteiger partial charge in [0.05, 0.1) is 12.5 Å². The summed E-state index contributed by atoms with van der Waals surface area (Å²) >= 11 is 1.42. The molecule has 0 atom stereocenters. The van der Waals surface area contributed by atoms with Gasteiger partial charge in [0.25, 0.3) is 0 Å². The van der Waals surface area contributed by atoms with Crippen molar-refractivity contribution >= 4 is 11.8 Å². The van der Waals surface area contributed by atoms with Crippen LogP contribution in [0, 0.1) is 0 Å². The zero-order valence-corrected chi connectivity index (χ0v) is 5.88. The molecule has 0 heterocycles. The largest absolute Gasteiger partial charge is 1.00 e. The molecule has 0 aromatic rings. The third-order valence-electron chi connectivity index (χ3n) is 0. The second kappa shape index (κ2) is 8.95. The van der Waals surface area contributed by atoms with E-state index >= 15 is 0 Å². The van der Waals surface area contributed by atoms with Crippen molar-refractivity contribution < 1.29 is 24.0 Å². The second-order valence-corrected chi connectivity index (χ2v) is 1.34. The predicted molar refractivity (Wildman–Crippen MR) is 20.6 cm³/mol. The fourth-order valence-corrected chi connectivity index (χ4v) is 0. The first kappa shape index (κ1) is 8.91. The van der Waals surface area contributed by atoms with Gasteiger partial charge in [-0.1, -0.05) is 0 Å². The van der Waals surface area contributed by atoms with Crippen LogP contribution in [-0.2, 0) is 11.8 Å². The highest BCUT2D eigenvalue weighted by Crippen LogP contribution is 1.32. The summed E-state index contributed by atoms with van der Waals surface area (Å²) in [6.07, 6.45) is 4.19. The van der Waals surface area contributed by atoms with Crippen LogP contribution in [0.15, 0.2) is 0 Å². The first-order chi connectivity index (χ1) is 1.41. The fraction of sp³-hybridized carbons (Fsp3) is 1.00. The van der Waals surface area contributed by atoms with Crippen molar-refractivity contribution in [2.24, 2.45) is 0 Å².